The summed E-state index contributed by atoms with van der Waals surface area (Å²) in [7, 11) is 19.2. The SMILES string of the molecule is C/C=N/NCC.C/C=N/OCC.CB1O[C@@H](C)[C@@H](C)O1.CC(=O)OC(C)=O.CC=NCC.CCC(C)(C)SC.CNC(=O)NC.CNC(=O)OC.CNC(=S)NC.CNC(C)=O.COC(C)=O.COC(C)OC.CSSC.C[Se][Se]C. The number of thiocarbonyl (C=S) groups is 1. The molecule has 31 heteroatoms. The Labute approximate surface area is 522 Å². The van der Waals surface area contributed by atoms with E-state index in [9.17, 15) is 28.8 Å². The third-order valence-electron chi connectivity index (χ3n) is 7.15. The van der Waals surface area contributed by atoms with Crippen molar-refractivity contribution < 1.29 is 66.6 Å². The van der Waals surface area contributed by atoms with Crippen molar-refractivity contribution in [3.63, 3.8) is 0 Å². The summed E-state index contributed by atoms with van der Waals surface area (Å²) in [6.07, 6.45) is 12.7. The normalized spacial score (nSPS) is 11.4. The van der Waals surface area contributed by atoms with Gasteiger partial charge in [0, 0.05) is 114 Å². The molecule has 1 rings (SSSR count). The van der Waals surface area contributed by atoms with E-state index >= 15 is 0 Å². The molecule has 1 heterocycles. The van der Waals surface area contributed by atoms with Crippen LogP contribution in [0.5, 0.6) is 0 Å². The summed E-state index contributed by atoms with van der Waals surface area (Å²) in [6, 6.07) is -0.157. The number of aliphatic imine (C=N–C) groups is 1. The van der Waals surface area contributed by atoms with Gasteiger partial charge < -0.3 is 75.2 Å². The number of urea groups is 1. The van der Waals surface area contributed by atoms with Crippen LogP contribution in [0.1, 0.15) is 117 Å². The van der Waals surface area contributed by atoms with Crippen molar-refractivity contribution in [3.05, 3.63) is 0 Å². The molecule has 7 N–H and O–H groups in total. The van der Waals surface area contributed by atoms with Gasteiger partial charge in [-0.05, 0) is 113 Å². The van der Waals surface area contributed by atoms with E-state index < -0.39 is 18.0 Å². The molecule has 81 heavy (non-hydrogen) atoms. The van der Waals surface area contributed by atoms with E-state index in [0.29, 0.717) is 16.5 Å². The quantitative estimate of drug-likeness (QED) is 0.0118. The van der Waals surface area contributed by atoms with Crippen LogP contribution < -0.4 is 37.3 Å². The number of amides is 4. The average molecular weight is 1380 g/mol. The number of rotatable bonds is 11. The van der Waals surface area contributed by atoms with Crippen molar-refractivity contribution in [2.24, 2.45) is 15.2 Å². The molecule has 1 aliphatic rings. The van der Waals surface area contributed by atoms with Gasteiger partial charge in [0.15, 0.2) is 11.4 Å². The maximum absolute atomic E-state index is 9.96. The Morgan fingerprint density at radius 1 is 0.691 bits per heavy atom. The van der Waals surface area contributed by atoms with Gasteiger partial charge in [0.1, 0.15) is 6.61 Å². The summed E-state index contributed by atoms with van der Waals surface area (Å²) in [5.41, 5.74) is 2.77. The predicted molar refractivity (Wildman–Crippen MR) is 358 cm³/mol. The van der Waals surface area contributed by atoms with Gasteiger partial charge in [0.25, 0.3) is 0 Å². The maximum atomic E-state index is 9.96. The molecule has 490 valence electrons. The zero-order valence-corrected chi connectivity index (χ0v) is 62.6. The number of hydrazone groups is 1. The Morgan fingerprint density at radius 2 is 1.09 bits per heavy atom. The van der Waals surface area contributed by atoms with E-state index in [1.807, 2.05) is 80.9 Å². The molecule has 1 aliphatic heterocycles. The number of esters is 3. The molecule has 1 saturated heterocycles. The topological polar surface area (TPSA) is 298 Å². The molecular formula is C50H117BN10O14S4Se2. The van der Waals surface area contributed by atoms with Gasteiger partial charge in [-0.25, -0.2) is 9.59 Å². The van der Waals surface area contributed by atoms with Gasteiger partial charge in [-0.1, -0.05) is 47.5 Å². The van der Waals surface area contributed by atoms with Crippen LogP contribution in [0.2, 0.25) is 18.5 Å². The second-order valence-electron chi connectivity index (χ2n) is 13.7. The third kappa shape index (κ3) is 180. The standard InChI is InChI=1S/C6H14S.C5H11BO2.C4H10N2.C4H9NO.C4H9N.C4H6O3.C4H10O2.C3H8N2O.C3H8N2S.C3H7NO2.C3H7NO.C3H6O2.C2H6S2.C2H6Se2/c1-5-6(2,3)7-4;1-4-5(2)8-6(3)7-4;2*1-3-5-6-4-2;1-3-5-4-2;1-3(5)7-4(2)6;1-4(5-2)6-3;2*1-4-3(6)5-2;1-4-3(5)6-2;1-3(5)4-2;1-3(4)5-2;2*1-3-4-2/h5H2,1-4H3;4-5H,1-3H3;3,6H,4H2,1-2H3;3H,4H2,1-2H3;3H,4H2,1-2H3;1-2H3;4H,1-3H3;2*1-2H3,(H2,4,5,6);1-2H3,(H,4,5);1-2H3,(H,4,5);1-2H3;2*1-2H3/b;;2*5-3+;;;;;;;;;;/t;4-,5+;;;;;;;;;;;;. The predicted octanol–water partition coefficient (Wildman–Crippen LogP) is 8.11. The molecule has 0 aromatic rings. The van der Waals surface area contributed by atoms with Gasteiger partial charge in [-0.15, -0.1) is 0 Å². The molecule has 0 spiro atoms. The van der Waals surface area contributed by atoms with Crippen molar-refractivity contribution in [1.82, 2.24) is 37.3 Å². The number of thioether (sulfide) groups is 1. The summed E-state index contributed by atoms with van der Waals surface area (Å²) in [4.78, 5) is 67.1. The number of oxime groups is 1. The average Bonchev–Trinajstić information content (AvgIpc) is 3.76. The summed E-state index contributed by atoms with van der Waals surface area (Å²) in [5.74, 6) is 3.18. The molecule has 0 unspecified atom stereocenters. The van der Waals surface area contributed by atoms with Crippen LogP contribution in [0.3, 0.4) is 0 Å². The van der Waals surface area contributed by atoms with Gasteiger partial charge in [0.2, 0.25) is 5.91 Å². The second kappa shape index (κ2) is 102. The summed E-state index contributed by atoms with van der Waals surface area (Å²) < 4.78 is 32.6. The van der Waals surface area contributed by atoms with Crippen LogP contribution in [0, 0.1) is 0 Å². The van der Waals surface area contributed by atoms with Crippen molar-refractivity contribution in [2.45, 2.75) is 159 Å². The second-order valence-corrected chi connectivity index (χ2v) is 27.0. The van der Waals surface area contributed by atoms with Crippen LogP contribution in [-0.4, -0.2) is 226 Å². The molecule has 0 radical (unpaired) electrons. The summed E-state index contributed by atoms with van der Waals surface area (Å²) in [6.45, 7) is 33.7. The van der Waals surface area contributed by atoms with Gasteiger partial charge >= 0.3 is 75.1 Å². The number of nitrogens with one attached hydrogen (secondary N) is 7. The van der Waals surface area contributed by atoms with E-state index in [1.54, 1.807) is 89.7 Å². The molecule has 0 aromatic heterocycles. The molecule has 0 bridgehead atoms. The summed E-state index contributed by atoms with van der Waals surface area (Å²) >= 11 is 8.52. The van der Waals surface area contributed by atoms with Crippen LogP contribution in [0.25, 0.3) is 0 Å². The Bertz CT molecular complexity index is 1280. The van der Waals surface area contributed by atoms with Crippen LogP contribution >= 0.6 is 45.6 Å². The van der Waals surface area contributed by atoms with Gasteiger partial charge in [-0.2, -0.15) is 16.9 Å². The van der Waals surface area contributed by atoms with Crippen molar-refractivity contribution in [1.29, 1.82) is 0 Å². The number of carbonyl (C=O) groups is 6. The number of methoxy groups -OCH3 is 4. The number of hydrogen-bond donors (Lipinski definition) is 7. The zero-order valence-electron chi connectivity index (χ0n) is 55.9. The number of alkyl carbamates (subject to hydrolysis) is 1. The van der Waals surface area contributed by atoms with Crippen LogP contribution in [-0.2, 0) is 57.0 Å². The molecule has 24 nitrogen and oxygen atoms in total. The fourth-order valence-corrected chi connectivity index (χ4v) is 2.46. The third-order valence-corrected chi connectivity index (χ3v) is 14.6. The molecule has 0 aromatic carbocycles. The molecule has 4 amide bonds. The molecular weight excluding hydrogens is 1260 g/mol. The Balaban J connectivity index is -0.0000000561. The fourth-order valence-electron chi connectivity index (χ4n) is 2.17. The van der Waals surface area contributed by atoms with Gasteiger partial charge in [-0.3, -0.25) is 24.2 Å². The first-order valence-corrected chi connectivity index (χ1v) is 37.4. The Kier molecular flexibility index (Phi) is 138. The van der Waals surface area contributed by atoms with Crippen molar-refractivity contribution in [2.75, 3.05) is 109 Å². The number of hydrogen-bond acceptors (Lipinski definition) is 22. The number of ether oxygens (including phenoxy) is 5. The first kappa shape index (κ1) is 109. The minimum atomic E-state index is -0.562. The van der Waals surface area contributed by atoms with Crippen molar-refractivity contribution >= 4 is 139 Å². The Morgan fingerprint density at radius 3 is 1.12 bits per heavy atom. The van der Waals surface area contributed by atoms with E-state index in [4.69, 9.17) is 9.31 Å². The van der Waals surface area contributed by atoms with E-state index in [2.05, 4.69) is 144 Å². The first-order chi connectivity index (χ1) is 37.8. The van der Waals surface area contributed by atoms with E-state index in [1.165, 1.54) is 55.4 Å². The Hall–Kier alpha value is -3.09. The molecule has 0 aliphatic carbocycles. The van der Waals surface area contributed by atoms with Crippen LogP contribution in [0.15, 0.2) is 15.2 Å². The molecule has 1 fully saturated rings. The number of nitrogens with zero attached hydrogens (tertiary/aromatic N) is 3. The first-order valence-electron chi connectivity index (χ1n) is 25.1. The van der Waals surface area contributed by atoms with E-state index in [-0.39, 0.29) is 43.5 Å². The summed E-state index contributed by atoms with van der Waals surface area (Å²) in [5, 5.41) is 22.7. The molecule has 2 atom stereocenters. The molecule has 0 saturated carbocycles. The van der Waals surface area contributed by atoms with Crippen molar-refractivity contribution in [3.8, 4) is 0 Å². The number of carbonyl (C=O) groups excluding carboxylic acids is 6. The van der Waals surface area contributed by atoms with Crippen LogP contribution in [0.4, 0.5) is 9.59 Å². The fraction of sp³-hybridized carbons (Fsp3) is 0.800. The monoisotopic (exact) mass is 1380 g/mol. The zero-order chi connectivity index (χ0) is 67.1. The van der Waals surface area contributed by atoms with Gasteiger partial charge in [0.05, 0.1) is 26.4 Å². The minimum absolute atomic E-state index is 0.000000000000000222. The van der Waals surface area contributed by atoms with E-state index in [0.717, 1.165) is 39.4 Å².